The van der Waals surface area contributed by atoms with Crippen LogP contribution in [0.2, 0.25) is 5.02 Å². The highest BCUT2D eigenvalue weighted by molar-refractivity contribution is 7.92. The molecule has 4 rings (SSSR count). The van der Waals surface area contributed by atoms with Crippen LogP contribution in [0.1, 0.15) is 30.0 Å². The lowest BCUT2D eigenvalue weighted by Gasteiger charge is -2.36. The number of nitrogens with zero attached hydrogens (tertiary/aromatic N) is 1. The lowest BCUT2D eigenvalue weighted by Crippen LogP contribution is -2.44. The Bertz CT molecular complexity index is 1690. The smallest absolute Gasteiger partial charge is 0.416 e. The molecule has 41 heavy (non-hydrogen) atoms. The Labute approximate surface area is 240 Å². The summed E-state index contributed by atoms with van der Waals surface area (Å²) < 4.78 is 114. The van der Waals surface area contributed by atoms with Crippen LogP contribution >= 0.6 is 11.6 Å². The number of fused-ring (bicyclic) bond motifs is 1. The average molecular weight is 633 g/mol. The molecule has 1 aliphatic heterocycles. The number of halogens is 5. The van der Waals surface area contributed by atoms with Crippen molar-refractivity contribution < 1.29 is 39.1 Å². The van der Waals surface area contributed by atoms with Crippen LogP contribution in [0.25, 0.3) is 11.6 Å². The van der Waals surface area contributed by atoms with E-state index in [4.69, 9.17) is 16.3 Å². The van der Waals surface area contributed by atoms with Crippen LogP contribution in [-0.2, 0) is 26.2 Å². The SMILES string of the molecule is CC(=Cc1ccc2c(c1)N(S(=O)(=O)c1cccc(C(F)(F)F)c1)C[C@H](CCNS(C)(=O)=O)O2)c1c(F)cccc1Cl. The lowest BCUT2D eigenvalue weighted by molar-refractivity contribution is -0.137. The molecule has 7 nitrogen and oxygen atoms in total. The van der Waals surface area contributed by atoms with Crippen LogP contribution in [0.4, 0.5) is 23.2 Å². The maximum atomic E-state index is 14.5. The highest BCUT2D eigenvalue weighted by atomic mass is 35.5. The van der Waals surface area contributed by atoms with Crippen molar-refractivity contribution in [3.8, 4) is 5.75 Å². The van der Waals surface area contributed by atoms with Gasteiger partial charge in [-0.3, -0.25) is 4.31 Å². The van der Waals surface area contributed by atoms with E-state index in [1.807, 2.05) is 0 Å². The first-order valence-corrected chi connectivity index (χ1v) is 15.9. The molecule has 1 heterocycles. The second-order valence-electron chi connectivity index (χ2n) is 9.41. The number of allylic oxidation sites excluding steroid dienone is 1. The van der Waals surface area contributed by atoms with Gasteiger partial charge in [-0.15, -0.1) is 0 Å². The number of nitrogens with one attached hydrogen (secondary N) is 1. The third-order valence-corrected chi connectivity index (χ3v) is 9.05. The van der Waals surface area contributed by atoms with Gasteiger partial charge in [0.15, 0.2) is 0 Å². The van der Waals surface area contributed by atoms with Crippen LogP contribution in [0.15, 0.2) is 65.6 Å². The van der Waals surface area contributed by atoms with E-state index in [1.54, 1.807) is 19.1 Å². The monoisotopic (exact) mass is 632 g/mol. The topological polar surface area (TPSA) is 92.8 Å². The molecule has 1 N–H and O–H groups in total. The van der Waals surface area contributed by atoms with Gasteiger partial charge < -0.3 is 4.74 Å². The summed E-state index contributed by atoms with van der Waals surface area (Å²) >= 11 is 6.18. The number of hydrogen-bond donors (Lipinski definition) is 1. The van der Waals surface area contributed by atoms with E-state index < -0.39 is 48.6 Å². The highest BCUT2D eigenvalue weighted by Gasteiger charge is 2.37. The number of anilines is 1. The molecule has 220 valence electrons. The van der Waals surface area contributed by atoms with Gasteiger partial charge in [0.1, 0.15) is 17.7 Å². The van der Waals surface area contributed by atoms with Crippen molar-refractivity contribution in [2.75, 3.05) is 23.7 Å². The first-order chi connectivity index (χ1) is 19.1. The Balaban J connectivity index is 1.78. The van der Waals surface area contributed by atoms with Crippen molar-refractivity contribution in [2.24, 2.45) is 0 Å². The molecule has 0 amide bonds. The Morgan fingerprint density at radius 1 is 1.10 bits per heavy atom. The normalized spacial score (nSPS) is 16.3. The fourth-order valence-corrected chi connectivity index (χ4v) is 6.70. The zero-order chi connectivity index (χ0) is 30.2. The van der Waals surface area contributed by atoms with Crippen LogP contribution < -0.4 is 13.8 Å². The summed E-state index contributed by atoms with van der Waals surface area (Å²) in [5.74, 6) is -0.429. The Kier molecular flexibility index (Phi) is 8.74. The third-order valence-electron chi connectivity index (χ3n) is 6.23. The quantitative estimate of drug-likeness (QED) is 0.245. The molecule has 0 saturated carbocycles. The summed E-state index contributed by atoms with van der Waals surface area (Å²) in [5, 5.41) is 0.180. The summed E-state index contributed by atoms with van der Waals surface area (Å²) in [6.07, 6.45) is -2.95. The van der Waals surface area contributed by atoms with Crippen molar-refractivity contribution in [3.63, 3.8) is 0 Å². The van der Waals surface area contributed by atoms with Crippen LogP contribution in [0.5, 0.6) is 5.75 Å². The molecule has 0 fully saturated rings. The number of benzene rings is 3. The maximum Gasteiger partial charge on any atom is 0.416 e. The average Bonchev–Trinajstić information content (AvgIpc) is 2.87. The number of sulfonamides is 2. The summed E-state index contributed by atoms with van der Waals surface area (Å²) in [4.78, 5) is -0.580. The van der Waals surface area contributed by atoms with E-state index in [0.717, 1.165) is 28.8 Å². The Hall–Kier alpha value is -3.13. The van der Waals surface area contributed by atoms with E-state index in [9.17, 15) is 34.4 Å². The van der Waals surface area contributed by atoms with Gasteiger partial charge in [-0.05, 0) is 66.9 Å². The van der Waals surface area contributed by atoms with Crippen molar-refractivity contribution in [1.82, 2.24) is 4.72 Å². The zero-order valence-corrected chi connectivity index (χ0v) is 24.1. The molecule has 14 heteroatoms. The molecule has 0 aliphatic carbocycles. The van der Waals surface area contributed by atoms with Gasteiger partial charge in [0.25, 0.3) is 10.0 Å². The molecule has 1 atom stereocenters. The van der Waals surface area contributed by atoms with Gasteiger partial charge >= 0.3 is 6.18 Å². The van der Waals surface area contributed by atoms with Crippen LogP contribution in [0, 0.1) is 5.82 Å². The van der Waals surface area contributed by atoms with Crippen LogP contribution in [-0.4, -0.2) is 42.3 Å². The molecule has 0 aromatic heterocycles. The standard InChI is InChI=1S/C27H25ClF4N2O5S2/c1-17(26-22(28)7-4-8-23(26)29)13-18-9-10-25-24(14-18)34(16-20(39-25)11-12-33-40(2,35)36)41(37,38)21-6-3-5-19(15-21)27(30,31)32/h3-10,13-15,20,33H,11-12,16H2,1-2H3/t20-/m0/s1. The summed E-state index contributed by atoms with van der Waals surface area (Å²) in [5.41, 5.74) is -0.0200. The van der Waals surface area contributed by atoms with Crippen molar-refractivity contribution >= 4 is 49.0 Å². The predicted molar refractivity (Wildman–Crippen MR) is 149 cm³/mol. The minimum absolute atomic E-state index is 0.0518. The summed E-state index contributed by atoms with van der Waals surface area (Å²) in [7, 11) is -8.06. The number of alkyl halides is 3. The fourth-order valence-electron chi connectivity index (χ4n) is 4.36. The zero-order valence-electron chi connectivity index (χ0n) is 21.7. The van der Waals surface area contributed by atoms with Crippen molar-refractivity contribution in [3.05, 3.63) is 88.2 Å². The molecule has 0 radical (unpaired) electrons. The molecular formula is C27H25ClF4N2O5S2. The van der Waals surface area contributed by atoms with Crippen molar-refractivity contribution in [2.45, 2.75) is 30.5 Å². The van der Waals surface area contributed by atoms with Crippen LogP contribution in [0.3, 0.4) is 0 Å². The number of ether oxygens (including phenoxy) is 1. The van der Waals surface area contributed by atoms with Gasteiger partial charge in [0.05, 0.1) is 34.0 Å². The highest BCUT2D eigenvalue weighted by Crippen LogP contribution is 2.40. The molecule has 1 aliphatic rings. The molecule has 0 saturated heterocycles. The number of rotatable bonds is 8. The van der Waals surface area contributed by atoms with Gasteiger partial charge in [-0.2, -0.15) is 13.2 Å². The number of hydrogen-bond acceptors (Lipinski definition) is 5. The van der Waals surface area contributed by atoms with Crippen molar-refractivity contribution in [1.29, 1.82) is 0 Å². The molecule has 0 spiro atoms. The van der Waals surface area contributed by atoms with E-state index >= 15 is 0 Å². The maximum absolute atomic E-state index is 14.5. The second kappa shape index (κ2) is 11.6. The third kappa shape index (κ3) is 7.21. The second-order valence-corrected chi connectivity index (χ2v) is 13.5. The summed E-state index contributed by atoms with van der Waals surface area (Å²) in [6, 6.07) is 12.2. The predicted octanol–water partition coefficient (Wildman–Crippen LogP) is 5.95. The van der Waals surface area contributed by atoms with E-state index in [2.05, 4.69) is 4.72 Å². The molecule has 3 aromatic carbocycles. The minimum atomic E-state index is -4.77. The first kappa shape index (κ1) is 30.8. The lowest BCUT2D eigenvalue weighted by atomic mass is 10.0. The van der Waals surface area contributed by atoms with Gasteiger partial charge in [-0.25, -0.2) is 25.9 Å². The molecule has 3 aromatic rings. The summed E-state index contributed by atoms with van der Waals surface area (Å²) in [6.45, 7) is 1.27. The van der Waals surface area contributed by atoms with Gasteiger partial charge in [0, 0.05) is 12.1 Å². The van der Waals surface area contributed by atoms with Gasteiger partial charge in [0.2, 0.25) is 10.0 Å². The first-order valence-electron chi connectivity index (χ1n) is 12.1. The van der Waals surface area contributed by atoms with E-state index in [1.165, 1.54) is 30.3 Å². The van der Waals surface area contributed by atoms with Gasteiger partial charge in [-0.1, -0.05) is 35.9 Å². The molecule has 0 unspecified atom stereocenters. The fraction of sp³-hybridized carbons (Fsp3) is 0.259. The Morgan fingerprint density at radius 3 is 2.46 bits per heavy atom. The van der Waals surface area contributed by atoms with E-state index in [-0.39, 0.29) is 41.5 Å². The Morgan fingerprint density at radius 2 is 1.80 bits per heavy atom. The van der Waals surface area contributed by atoms with E-state index in [0.29, 0.717) is 17.2 Å². The molecular weight excluding hydrogens is 608 g/mol. The molecule has 0 bridgehead atoms. The minimum Gasteiger partial charge on any atom is -0.486 e. The largest absolute Gasteiger partial charge is 0.486 e.